The standard InChI is InChI=1S/C16H23FN2/c1-10(11(2)17)12-9-18-13-14(19-12)16(5,6)8-7-15(13,3)4/h9H,7-8H2,1-6H3/b11-10+. The van der Waals surface area contributed by atoms with Crippen LogP contribution in [0.25, 0.3) is 5.57 Å². The maximum absolute atomic E-state index is 13.4. The van der Waals surface area contributed by atoms with Gasteiger partial charge in [-0.1, -0.05) is 27.7 Å². The smallest absolute Gasteiger partial charge is 0.102 e. The molecule has 0 N–H and O–H groups in total. The maximum Gasteiger partial charge on any atom is 0.102 e. The zero-order valence-electron chi connectivity index (χ0n) is 12.8. The van der Waals surface area contributed by atoms with Crippen LogP contribution >= 0.6 is 0 Å². The van der Waals surface area contributed by atoms with Crippen LogP contribution in [0.5, 0.6) is 0 Å². The minimum atomic E-state index is -0.192. The zero-order chi connectivity index (χ0) is 14.4. The van der Waals surface area contributed by atoms with Crippen molar-refractivity contribution in [2.75, 3.05) is 0 Å². The third-order valence-corrected chi connectivity index (χ3v) is 4.33. The summed E-state index contributed by atoms with van der Waals surface area (Å²) >= 11 is 0. The molecule has 0 aliphatic heterocycles. The van der Waals surface area contributed by atoms with Crippen LogP contribution in [-0.4, -0.2) is 9.97 Å². The molecule has 0 spiro atoms. The lowest BCUT2D eigenvalue weighted by atomic mass is 9.67. The summed E-state index contributed by atoms with van der Waals surface area (Å²) in [6.07, 6.45) is 3.90. The van der Waals surface area contributed by atoms with Crippen LogP contribution in [0.1, 0.15) is 71.5 Å². The highest BCUT2D eigenvalue weighted by Crippen LogP contribution is 2.44. The lowest BCUT2D eigenvalue weighted by molar-refractivity contribution is 0.314. The summed E-state index contributed by atoms with van der Waals surface area (Å²) in [5.74, 6) is -0.192. The van der Waals surface area contributed by atoms with Gasteiger partial charge in [-0.05, 0) is 26.7 Å². The second-order valence-corrected chi connectivity index (χ2v) is 6.88. The number of hydrogen-bond acceptors (Lipinski definition) is 2. The largest absolute Gasteiger partial charge is 0.257 e. The number of halogens is 1. The number of aromatic nitrogens is 2. The van der Waals surface area contributed by atoms with E-state index in [1.165, 1.54) is 6.92 Å². The van der Waals surface area contributed by atoms with Crippen molar-refractivity contribution in [2.45, 2.75) is 65.2 Å². The van der Waals surface area contributed by atoms with Crippen LogP contribution in [0.3, 0.4) is 0 Å². The lowest BCUT2D eigenvalue weighted by Gasteiger charge is -2.39. The fraction of sp³-hybridized carbons (Fsp3) is 0.625. The van der Waals surface area contributed by atoms with Gasteiger partial charge in [0.2, 0.25) is 0 Å². The van der Waals surface area contributed by atoms with E-state index in [1.807, 2.05) is 0 Å². The average molecular weight is 262 g/mol. The third-order valence-electron chi connectivity index (χ3n) is 4.33. The van der Waals surface area contributed by atoms with Crippen molar-refractivity contribution in [3.05, 3.63) is 29.1 Å². The molecule has 0 aromatic carbocycles. The van der Waals surface area contributed by atoms with Crippen molar-refractivity contribution in [1.29, 1.82) is 0 Å². The Morgan fingerprint density at radius 2 is 1.58 bits per heavy atom. The summed E-state index contributed by atoms with van der Waals surface area (Å²) in [5.41, 5.74) is 3.40. The lowest BCUT2D eigenvalue weighted by Crippen LogP contribution is -2.36. The van der Waals surface area contributed by atoms with Crippen molar-refractivity contribution in [3.8, 4) is 0 Å². The Balaban J connectivity index is 2.63. The van der Waals surface area contributed by atoms with Gasteiger partial charge >= 0.3 is 0 Å². The van der Waals surface area contributed by atoms with E-state index in [0.717, 1.165) is 24.2 Å². The maximum atomic E-state index is 13.4. The van der Waals surface area contributed by atoms with Gasteiger partial charge in [0, 0.05) is 16.4 Å². The SMILES string of the molecule is C/C(F)=C(/C)c1cnc2c(n1)C(C)(C)CCC2(C)C. The molecule has 2 nitrogen and oxygen atoms in total. The summed E-state index contributed by atoms with van der Waals surface area (Å²) in [5, 5.41) is 0. The molecule has 0 saturated carbocycles. The van der Waals surface area contributed by atoms with E-state index >= 15 is 0 Å². The minimum Gasteiger partial charge on any atom is -0.257 e. The molecular formula is C16H23FN2. The van der Waals surface area contributed by atoms with E-state index in [1.54, 1.807) is 13.1 Å². The fourth-order valence-electron chi connectivity index (χ4n) is 2.58. The van der Waals surface area contributed by atoms with Crippen LogP contribution in [0, 0.1) is 0 Å². The first kappa shape index (κ1) is 14.2. The molecular weight excluding hydrogens is 239 g/mol. The number of rotatable bonds is 1. The second kappa shape index (κ2) is 4.39. The van der Waals surface area contributed by atoms with Crippen molar-refractivity contribution in [3.63, 3.8) is 0 Å². The van der Waals surface area contributed by atoms with Gasteiger partial charge in [0.15, 0.2) is 0 Å². The van der Waals surface area contributed by atoms with Crippen molar-refractivity contribution < 1.29 is 4.39 Å². The van der Waals surface area contributed by atoms with E-state index in [4.69, 9.17) is 4.98 Å². The monoisotopic (exact) mass is 262 g/mol. The first-order chi connectivity index (χ1) is 8.65. The molecule has 1 heterocycles. The Morgan fingerprint density at radius 1 is 1.05 bits per heavy atom. The Hall–Kier alpha value is -1.25. The van der Waals surface area contributed by atoms with Gasteiger partial charge in [-0.2, -0.15) is 0 Å². The highest BCUT2D eigenvalue weighted by molar-refractivity contribution is 5.61. The van der Waals surface area contributed by atoms with Crippen molar-refractivity contribution in [2.24, 2.45) is 0 Å². The predicted octanol–water partition coefficient (Wildman–Crippen LogP) is 4.55. The van der Waals surface area contributed by atoms with Gasteiger partial charge in [0.05, 0.1) is 23.3 Å². The Morgan fingerprint density at radius 3 is 2.11 bits per heavy atom. The summed E-state index contributed by atoms with van der Waals surface area (Å²) in [6.45, 7) is 12.0. The molecule has 0 unspecified atom stereocenters. The van der Waals surface area contributed by atoms with E-state index in [0.29, 0.717) is 11.3 Å². The molecule has 1 aliphatic carbocycles. The third kappa shape index (κ3) is 2.43. The summed E-state index contributed by atoms with van der Waals surface area (Å²) < 4.78 is 13.4. The van der Waals surface area contributed by atoms with Crippen LogP contribution in [-0.2, 0) is 10.8 Å². The normalized spacial score (nSPS) is 21.6. The van der Waals surface area contributed by atoms with Crippen LogP contribution in [0.15, 0.2) is 12.0 Å². The molecule has 0 radical (unpaired) electrons. The predicted molar refractivity (Wildman–Crippen MR) is 76.7 cm³/mol. The molecule has 0 bridgehead atoms. The van der Waals surface area contributed by atoms with Gasteiger partial charge in [-0.3, -0.25) is 4.98 Å². The molecule has 0 atom stereocenters. The zero-order valence-corrected chi connectivity index (χ0v) is 12.8. The van der Waals surface area contributed by atoms with Gasteiger partial charge < -0.3 is 0 Å². The van der Waals surface area contributed by atoms with Gasteiger partial charge in [0.25, 0.3) is 0 Å². The molecule has 0 fully saturated rings. The molecule has 0 amide bonds. The number of nitrogens with zero attached hydrogens (tertiary/aromatic N) is 2. The molecule has 2 rings (SSSR count). The van der Waals surface area contributed by atoms with Gasteiger partial charge in [-0.25, -0.2) is 9.37 Å². The van der Waals surface area contributed by atoms with E-state index in [2.05, 4.69) is 32.7 Å². The van der Waals surface area contributed by atoms with E-state index < -0.39 is 0 Å². The molecule has 19 heavy (non-hydrogen) atoms. The molecule has 1 aromatic heterocycles. The highest BCUT2D eigenvalue weighted by Gasteiger charge is 2.39. The molecule has 1 aliphatic rings. The average Bonchev–Trinajstić information content (AvgIpc) is 2.33. The minimum absolute atomic E-state index is 0.0123. The highest BCUT2D eigenvalue weighted by atomic mass is 19.1. The fourth-order valence-corrected chi connectivity index (χ4v) is 2.58. The van der Waals surface area contributed by atoms with Crippen LogP contribution in [0.4, 0.5) is 4.39 Å². The molecule has 1 aromatic rings. The summed E-state index contributed by atoms with van der Waals surface area (Å²) in [6, 6.07) is 0. The molecule has 0 saturated heterocycles. The molecule has 104 valence electrons. The second-order valence-electron chi connectivity index (χ2n) is 6.88. The first-order valence-electron chi connectivity index (χ1n) is 6.86. The Bertz CT molecular complexity index is 538. The van der Waals surface area contributed by atoms with Crippen molar-refractivity contribution in [1.82, 2.24) is 9.97 Å². The van der Waals surface area contributed by atoms with Crippen LogP contribution in [0.2, 0.25) is 0 Å². The van der Waals surface area contributed by atoms with E-state index in [9.17, 15) is 4.39 Å². The molecule has 3 heteroatoms. The number of allylic oxidation sites excluding steroid dienone is 2. The number of hydrogen-bond donors (Lipinski definition) is 0. The van der Waals surface area contributed by atoms with E-state index in [-0.39, 0.29) is 16.7 Å². The van der Waals surface area contributed by atoms with Crippen molar-refractivity contribution >= 4 is 5.57 Å². The Kier molecular flexibility index (Phi) is 3.28. The van der Waals surface area contributed by atoms with Gasteiger partial charge in [0.1, 0.15) is 5.83 Å². The van der Waals surface area contributed by atoms with Gasteiger partial charge in [-0.15, -0.1) is 0 Å². The Labute approximate surface area is 115 Å². The quantitative estimate of drug-likeness (QED) is 0.742. The summed E-state index contributed by atoms with van der Waals surface area (Å²) in [4.78, 5) is 9.33. The number of fused-ring (bicyclic) bond motifs is 1. The van der Waals surface area contributed by atoms with Crippen LogP contribution < -0.4 is 0 Å². The topological polar surface area (TPSA) is 25.8 Å². The summed E-state index contributed by atoms with van der Waals surface area (Å²) in [7, 11) is 0. The first-order valence-corrected chi connectivity index (χ1v) is 6.86.